The highest BCUT2D eigenvalue weighted by Crippen LogP contribution is 2.44. The quantitative estimate of drug-likeness (QED) is 0.106. The number of alkyl halides is 1. The number of likely N-dealkylation sites (tertiary alicyclic amines) is 1. The van der Waals surface area contributed by atoms with E-state index in [1.54, 1.807) is 23.1 Å². The lowest BCUT2D eigenvalue weighted by atomic mass is 9.72. The first kappa shape index (κ1) is 47.0. The number of anilines is 1. The zero-order valence-electron chi connectivity index (χ0n) is 38.9. The maximum atomic E-state index is 15.9. The van der Waals surface area contributed by atoms with Crippen LogP contribution in [0.4, 0.5) is 15.8 Å². The number of H-pyrrole nitrogens is 1. The van der Waals surface area contributed by atoms with E-state index in [9.17, 15) is 18.1 Å². The second kappa shape index (κ2) is 19.2. The molecular formula is C51H57ClFN9O6S. The number of hydrogen-bond acceptors (Lipinski definition) is 12. The molecule has 2 N–H and O–H groups in total. The number of pyridine rings is 1. The second-order valence-corrected chi connectivity index (χ2v) is 21.9. The summed E-state index contributed by atoms with van der Waals surface area (Å²) in [5.74, 6) is -0.958. The van der Waals surface area contributed by atoms with E-state index < -0.39 is 21.6 Å². The second-order valence-electron chi connectivity index (χ2n) is 19.7. The van der Waals surface area contributed by atoms with Gasteiger partial charge in [-0.15, -0.1) is 4.91 Å². The Balaban J connectivity index is 0.864. The van der Waals surface area contributed by atoms with E-state index in [2.05, 4.69) is 60.7 Å². The number of rotatable bonds is 13. The van der Waals surface area contributed by atoms with Gasteiger partial charge in [0.25, 0.3) is 15.9 Å². The Hall–Kier alpha value is -5.72. The third-order valence-corrected chi connectivity index (χ3v) is 16.1. The Labute approximate surface area is 406 Å². The number of hydrogen-bond donors (Lipinski definition) is 2. The van der Waals surface area contributed by atoms with Gasteiger partial charge in [0.1, 0.15) is 29.2 Å². The predicted octanol–water partition coefficient (Wildman–Crippen LogP) is 9.22. The van der Waals surface area contributed by atoms with Crippen molar-refractivity contribution in [1.82, 2.24) is 34.3 Å². The van der Waals surface area contributed by atoms with Gasteiger partial charge in [0.05, 0.1) is 27.9 Å². The average Bonchev–Trinajstić information content (AvgIpc) is 4.00. The Bertz CT molecular complexity index is 3030. The maximum Gasteiger partial charge on any atom is 0.267 e. The van der Waals surface area contributed by atoms with Crippen molar-refractivity contribution in [2.75, 3.05) is 70.5 Å². The average molecular weight is 979 g/mol. The van der Waals surface area contributed by atoms with Crippen molar-refractivity contribution in [3.63, 3.8) is 0 Å². The molecule has 0 radical (unpaired) electrons. The number of aromatic nitrogens is 4. The molecular weight excluding hydrogens is 921 g/mol. The number of piperidine rings is 1. The van der Waals surface area contributed by atoms with Crippen LogP contribution in [0.15, 0.2) is 101 Å². The Morgan fingerprint density at radius 3 is 2.49 bits per heavy atom. The number of ether oxygens (including phenoxy) is 2. The van der Waals surface area contributed by atoms with Gasteiger partial charge in [0, 0.05) is 87.4 Å². The number of fused-ring (bicyclic) bond motifs is 2. The molecule has 0 atom stereocenters. The largest absolute Gasteiger partial charge is 0.488 e. The molecule has 1 aliphatic carbocycles. The standard InChI is InChI=1S/C51H57ClFN9O6S/c1-50(2)15-11-36(42(30-50)34-3-5-37(52)6-4-34)32-59-21-23-61(24-22-59)39-7-9-41(45(28-39)62-46-27-35-12-18-54-48(35)56-44(46)31-55-62)49(63)58-69(65,66)40-8-10-47(43(29-40)57-64)68-33-51(53)16-19-60(20-17-51)38-13-25-67-26-14-38/h3-10,12,18,27-29,31,38H,11,13-17,19-26,30,32-33H2,1-2H3,(H,54,56)(H,58,63). The molecule has 3 aromatic carbocycles. The van der Waals surface area contributed by atoms with E-state index in [1.807, 2.05) is 36.4 Å². The summed E-state index contributed by atoms with van der Waals surface area (Å²) in [5.41, 5.74) is 5.52. The molecule has 362 valence electrons. The number of allylic oxidation sites excluding steroid dienone is 1. The van der Waals surface area contributed by atoms with Crippen molar-refractivity contribution in [3.05, 3.63) is 112 Å². The van der Waals surface area contributed by atoms with Crippen LogP contribution >= 0.6 is 11.6 Å². The normalized spacial score (nSPS) is 19.6. The molecule has 18 heteroatoms. The minimum atomic E-state index is -4.56. The monoisotopic (exact) mass is 977 g/mol. The minimum absolute atomic E-state index is 0.0480. The van der Waals surface area contributed by atoms with E-state index in [-0.39, 0.29) is 46.8 Å². The van der Waals surface area contributed by atoms with Gasteiger partial charge in [-0.3, -0.25) is 14.6 Å². The number of nitrogens with zero attached hydrogens (tertiary/aromatic N) is 7. The Morgan fingerprint density at radius 1 is 0.971 bits per heavy atom. The maximum absolute atomic E-state index is 15.9. The Morgan fingerprint density at radius 2 is 1.74 bits per heavy atom. The molecule has 0 unspecified atom stereocenters. The van der Waals surface area contributed by atoms with E-state index in [1.165, 1.54) is 28.8 Å². The zero-order valence-corrected chi connectivity index (χ0v) is 40.5. The van der Waals surface area contributed by atoms with Crippen LogP contribution in [0, 0.1) is 10.3 Å². The molecule has 0 spiro atoms. The third-order valence-electron chi connectivity index (χ3n) is 14.5. The van der Waals surface area contributed by atoms with Gasteiger partial charge in [-0.05, 0) is 127 Å². The molecule has 3 fully saturated rings. The first-order chi connectivity index (χ1) is 33.2. The van der Waals surface area contributed by atoms with Gasteiger partial charge < -0.3 is 19.4 Å². The van der Waals surface area contributed by atoms with Gasteiger partial charge in [0.2, 0.25) is 0 Å². The summed E-state index contributed by atoms with van der Waals surface area (Å²) in [7, 11) is -4.56. The number of sulfonamides is 1. The first-order valence-corrected chi connectivity index (χ1v) is 25.7. The predicted molar refractivity (Wildman–Crippen MR) is 266 cm³/mol. The molecule has 4 aliphatic rings. The fourth-order valence-electron chi connectivity index (χ4n) is 10.4. The summed E-state index contributed by atoms with van der Waals surface area (Å²) >= 11 is 6.27. The van der Waals surface area contributed by atoms with Crippen molar-refractivity contribution in [1.29, 1.82) is 0 Å². The third kappa shape index (κ3) is 10.2. The summed E-state index contributed by atoms with van der Waals surface area (Å²) < 4.78 is 58.9. The Kier molecular flexibility index (Phi) is 13.1. The molecule has 69 heavy (non-hydrogen) atoms. The SMILES string of the molecule is CC1(C)CCC(CN2CCN(c3ccc(C(=O)NS(=O)(=O)c4ccc(OCC5(F)CCN(C6CCOCC6)CC5)c(N=O)c4)c(-n4ncc5nc6[nH]ccc6cc54)c3)CC2)=C(c2ccc(Cl)cc2)C1. The summed E-state index contributed by atoms with van der Waals surface area (Å²) in [6.45, 7) is 10.9. The van der Waals surface area contributed by atoms with Crippen LogP contribution in [0.2, 0.25) is 5.02 Å². The van der Waals surface area contributed by atoms with Crippen LogP contribution in [0.1, 0.15) is 74.7 Å². The zero-order chi connectivity index (χ0) is 47.9. The molecule has 0 bridgehead atoms. The molecule has 1 amide bonds. The summed E-state index contributed by atoms with van der Waals surface area (Å²) in [4.78, 5) is 40.9. The van der Waals surface area contributed by atoms with Crippen LogP contribution in [-0.4, -0.2) is 121 Å². The van der Waals surface area contributed by atoms with Crippen molar-refractivity contribution in [2.24, 2.45) is 10.6 Å². The van der Waals surface area contributed by atoms with Gasteiger partial charge in [0.15, 0.2) is 5.69 Å². The molecule has 0 saturated carbocycles. The number of carbonyl (C=O) groups is 1. The highest BCUT2D eigenvalue weighted by molar-refractivity contribution is 7.90. The summed E-state index contributed by atoms with van der Waals surface area (Å²) in [6.07, 6.45) is 8.97. The van der Waals surface area contributed by atoms with E-state index in [0.717, 1.165) is 87.0 Å². The lowest BCUT2D eigenvalue weighted by molar-refractivity contribution is -0.0213. The lowest BCUT2D eigenvalue weighted by Gasteiger charge is -2.41. The number of nitrogens with one attached hydrogen (secondary N) is 2. The fourth-order valence-corrected chi connectivity index (χ4v) is 11.5. The van der Waals surface area contributed by atoms with Gasteiger partial charge in [-0.2, -0.15) is 5.10 Å². The molecule has 6 aromatic rings. The van der Waals surface area contributed by atoms with Gasteiger partial charge in [-0.25, -0.2) is 27.2 Å². The van der Waals surface area contributed by atoms with E-state index >= 15 is 4.39 Å². The van der Waals surface area contributed by atoms with Gasteiger partial charge in [-0.1, -0.05) is 43.2 Å². The summed E-state index contributed by atoms with van der Waals surface area (Å²) in [6, 6.07) is 21.2. The molecule has 3 aromatic heterocycles. The van der Waals surface area contributed by atoms with Crippen LogP contribution in [0.5, 0.6) is 5.75 Å². The smallest absolute Gasteiger partial charge is 0.267 e. The lowest BCUT2D eigenvalue weighted by Crippen LogP contribution is -2.50. The number of carbonyl (C=O) groups excluding carboxylic acids is 1. The highest BCUT2D eigenvalue weighted by Gasteiger charge is 2.38. The van der Waals surface area contributed by atoms with Crippen LogP contribution in [-0.2, 0) is 14.8 Å². The highest BCUT2D eigenvalue weighted by atomic mass is 35.5. The van der Waals surface area contributed by atoms with Gasteiger partial charge >= 0.3 is 0 Å². The molecule has 3 saturated heterocycles. The molecule has 3 aliphatic heterocycles. The topological polar surface area (TPSA) is 167 Å². The van der Waals surface area contributed by atoms with E-state index in [0.29, 0.717) is 54.7 Å². The van der Waals surface area contributed by atoms with Crippen LogP contribution < -0.4 is 14.4 Å². The summed E-state index contributed by atoms with van der Waals surface area (Å²) in [5, 5.41) is 9.25. The molecule has 15 nitrogen and oxygen atoms in total. The fraction of sp³-hybridized carbons (Fsp3) is 0.431. The van der Waals surface area contributed by atoms with Crippen LogP contribution in [0.25, 0.3) is 33.3 Å². The number of halogens is 2. The number of benzene rings is 3. The van der Waals surface area contributed by atoms with Crippen molar-refractivity contribution < 1.29 is 27.1 Å². The number of piperazine rings is 1. The number of amides is 1. The van der Waals surface area contributed by atoms with Crippen molar-refractivity contribution >= 4 is 66.5 Å². The van der Waals surface area contributed by atoms with Crippen molar-refractivity contribution in [3.8, 4) is 11.4 Å². The van der Waals surface area contributed by atoms with Crippen molar-refractivity contribution in [2.45, 2.75) is 75.4 Å². The number of aromatic amines is 1. The number of nitroso groups, excluding NO2 is 1. The molecule has 6 heterocycles. The molecule has 10 rings (SSSR count). The van der Waals surface area contributed by atoms with E-state index in [4.69, 9.17) is 26.1 Å². The van der Waals surface area contributed by atoms with Crippen LogP contribution in [0.3, 0.4) is 0 Å². The first-order valence-electron chi connectivity index (χ1n) is 23.8. The minimum Gasteiger partial charge on any atom is -0.488 e.